The van der Waals surface area contributed by atoms with E-state index in [0.29, 0.717) is 35.2 Å². The Kier molecular flexibility index (Phi) is 7.83. The van der Waals surface area contributed by atoms with Crippen molar-refractivity contribution in [3.63, 3.8) is 0 Å². The second-order valence-corrected chi connectivity index (χ2v) is 9.35. The van der Waals surface area contributed by atoms with E-state index in [4.69, 9.17) is 11.6 Å². The van der Waals surface area contributed by atoms with Crippen molar-refractivity contribution in [3.05, 3.63) is 64.7 Å². The van der Waals surface area contributed by atoms with Crippen LogP contribution in [0.15, 0.2) is 52.9 Å². The molecule has 0 atom stereocenters. The highest BCUT2D eigenvalue weighted by Gasteiger charge is 2.21. The smallest absolute Gasteiger partial charge is 0.337 e. The predicted octanol–water partition coefficient (Wildman–Crippen LogP) is 5.17. The number of aryl methyl sites for hydroxylation is 1. The normalized spacial score (nSPS) is 14.5. The molecule has 29 heavy (non-hydrogen) atoms. The van der Waals surface area contributed by atoms with Crippen molar-refractivity contribution in [2.75, 3.05) is 29.9 Å². The maximum Gasteiger partial charge on any atom is 0.351 e. The van der Waals surface area contributed by atoms with Gasteiger partial charge in [-0.2, -0.15) is 4.36 Å². The van der Waals surface area contributed by atoms with Gasteiger partial charge < -0.3 is 10.2 Å². The van der Waals surface area contributed by atoms with Crippen molar-refractivity contribution in [2.24, 2.45) is 4.36 Å². The zero-order valence-electron chi connectivity index (χ0n) is 16.6. The summed E-state index contributed by atoms with van der Waals surface area (Å²) in [5.41, 5.74) is 2.67. The average molecular weight is 432 g/mol. The van der Waals surface area contributed by atoms with Crippen molar-refractivity contribution in [1.29, 1.82) is 0 Å². The van der Waals surface area contributed by atoms with E-state index in [-0.39, 0.29) is 22.6 Å². The van der Waals surface area contributed by atoms with E-state index in [0.717, 1.165) is 12.1 Å². The molecule has 0 saturated carbocycles. The number of nitrogens with one attached hydrogen (secondary N) is 1. The molecule has 0 aliphatic carbocycles. The lowest BCUT2D eigenvalue weighted by Crippen LogP contribution is -2.42. The summed E-state index contributed by atoms with van der Waals surface area (Å²) in [7, 11) is -0.356. The molecule has 3 rings (SSSR count). The Labute approximate surface area is 179 Å². The Hall–Kier alpha value is -2.18. The van der Waals surface area contributed by atoms with Crippen LogP contribution in [0.2, 0.25) is 5.02 Å². The monoisotopic (exact) mass is 431 g/mol. The van der Waals surface area contributed by atoms with Crippen molar-refractivity contribution in [3.8, 4) is 0 Å². The lowest BCUT2D eigenvalue weighted by Gasteiger charge is -2.28. The summed E-state index contributed by atoms with van der Waals surface area (Å²) < 4.78 is 4.30. The van der Waals surface area contributed by atoms with Crippen LogP contribution in [0.4, 0.5) is 10.5 Å². The summed E-state index contributed by atoms with van der Waals surface area (Å²) in [6.07, 6.45) is 3.40. The molecule has 154 valence electrons. The van der Waals surface area contributed by atoms with Gasteiger partial charge in [0, 0.05) is 40.9 Å². The Morgan fingerprint density at radius 3 is 2.34 bits per heavy atom. The van der Waals surface area contributed by atoms with Gasteiger partial charge in [0.2, 0.25) is 0 Å². The van der Waals surface area contributed by atoms with E-state index < -0.39 is 0 Å². The van der Waals surface area contributed by atoms with Crippen LogP contribution in [0.25, 0.3) is 0 Å². The average Bonchev–Trinajstić information content (AvgIpc) is 2.74. The largest absolute Gasteiger partial charge is 0.351 e. The van der Waals surface area contributed by atoms with Gasteiger partial charge in [-0.1, -0.05) is 47.8 Å². The number of nitrogens with zero attached hydrogens (tertiary/aromatic N) is 2. The highest BCUT2D eigenvalue weighted by Crippen LogP contribution is 2.15. The Bertz CT molecular complexity index is 872. The van der Waals surface area contributed by atoms with Crippen LogP contribution in [0.1, 0.15) is 35.7 Å². The summed E-state index contributed by atoms with van der Waals surface area (Å²) >= 11 is 5.88. The molecule has 1 aliphatic rings. The van der Waals surface area contributed by atoms with Crippen LogP contribution in [0.3, 0.4) is 0 Å². The van der Waals surface area contributed by atoms with Crippen LogP contribution in [0.5, 0.6) is 0 Å². The van der Waals surface area contributed by atoms with Gasteiger partial charge in [0.05, 0.1) is 0 Å². The number of anilines is 1. The molecule has 1 N–H and O–H groups in total. The molecule has 0 unspecified atom stereocenters. The second-order valence-electron chi connectivity index (χ2n) is 6.99. The number of rotatable bonds is 5. The number of carbonyl (C=O) groups is 2. The van der Waals surface area contributed by atoms with Crippen molar-refractivity contribution < 1.29 is 9.59 Å². The second kappa shape index (κ2) is 10.6. The van der Waals surface area contributed by atoms with Crippen molar-refractivity contribution >= 4 is 39.9 Å². The number of halogens is 1. The molecule has 2 aromatic carbocycles. The van der Waals surface area contributed by atoms with E-state index in [1.54, 1.807) is 24.3 Å². The zero-order valence-corrected chi connectivity index (χ0v) is 18.1. The van der Waals surface area contributed by atoms with E-state index in [9.17, 15) is 9.59 Å². The molecule has 2 aromatic rings. The zero-order chi connectivity index (χ0) is 20.6. The first-order valence-electron chi connectivity index (χ1n) is 9.89. The van der Waals surface area contributed by atoms with E-state index in [2.05, 4.69) is 28.7 Å². The van der Waals surface area contributed by atoms with E-state index in [1.165, 1.54) is 18.4 Å². The molecule has 7 heteroatoms. The van der Waals surface area contributed by atoms with Gasteiger partial charge in [0.25, 0.3) is 5.91 Å². The predicted molar refractivity (Wildman–Crippen MR) is 121 cm³/mol. The topological polar surface area (TPSA) is 61.8 Å². The summed E-state index contributed by atoms with van der Waals surface area (Å²) in [5, 5.41) is 3.46. The third-order valence-corrected chi connectivity index (χ3v) is 6.79. The summed E-state index contributed by atoms with van der Waals surface area (Å²) in [6.45, 7) is 3.38. The summed E-state index contributed by atoms with van der Waals surface area (Å²) in [4.78, 5) is 26.6. The van der Waals surface area contributed by atoms with Gasteiger partial charge in [0.1, 0.15) is 0 Å². The fourth-order valence-corrected chi connectivity index (χ4v) is 4.77. The third-order valence-electron chi connectivity index (χ3n) is 4.81. The molecular formula is C22H26ClN3O2S. The lowest BCUT2D eigenvalue weighted by molar-refractivity contribution is 0.0772. The summed E-state index contributed by atoms with van der Waals surface area (Å²) in [5.74, 6) is 1.42. The fraction of sp³-hybridized carbons (Fsp3) is 0.364. The van der Waals surface area contributed by atoms with Gasteiger partial charge >= 0.3 is 6.03 Å². The maximum atomic E-state index is 12.6. The number of amides is 3. The van der Waals surface area contributed by atoms with E-state index in [1.807, 2.05) is 17.0 Å². The van der Waals surface area contributed by atoms with Gasteiger partial charge in [0.15, 0.2) is 0 Å². The molecule has 0 bridgehead atoms. The molecule has 3 amide bonds. The fourth-order valence-electron chi connectivity index (χ4n) is 3.11. The number of carbonyl (C=O) groups excluding carboxylic acids is 2. The van der Waals surface area contributed by atoms with Gasteiger partial charge in [-0.3, -0.25) is 4.79 Å². The van der Waals surface area contributed by atoms with Crippen LogP contribution < -0.4 is 5.32 Å². The molecule has 0 radical (unpaired) electrons. The molecule has 1 heterocycles. The first-order valence-corrected chi connectivity index (χ1v) is 11.8. The van der Waals surface area contributed by atoms with Crippen LogP contribution in [0, 0.1) is 0 Å². The molecular weight excluding hydrogens is 406 g/mol. The lowest BCUT2D eigenvalue weighted by atomic mass is 10.1. The maximum absolute atomic E-state index is 12.6. The standard InChI is InChI=1S/C22H26ClN3O2S/c1-2-3-4-17-5-11-20(12-6-17)24-22(28)25-29-15-13-26(14-16-29)21(27)18-7-9-19(23)10-8-18/h5-12H,2-4,13-16H2,1H3,(H,24,28). The van der Waals surface area contributed by atoms with Crippen molar-refractivity contribution in [2.45, 2.75) is 26.2 Å². The first kappa shape index (κ1) is 21.5. The Morgan fingerprint density at radius 1 is 1.07 bits per heavy atom. The molecule has 1 fully saturated rings. The van der Waals surface area contributed by atoms with Crippen molar-refractivity contribution in [1.82, 2.24) is 4.90 Å². The van der Waals surface area contributed by atoms with Crippen LogP contribution in [-0.2, 0) is 17.1 Å². The van der Waals surface area contributed by atoms with E-state index >= 15 is 0 Å². The number of unbranched alkanes of at least 4 members (excludes halogenated alkanes) is 1. The number of hydrogen-bond acceptors (Lipinski definition) is 2. The van der Waals surface area contributed by atoms with Crippen LogP contribution >= 0.6 is 11.6 Å². The molecule has 5 nitrogen and oxygen atoms in total. The minimum Gasteiger partial charge on any atom is -0.337 e. The van der Waals surface area contributed by atoms with Gasteiger partial charge in [-0.25, -0.2) is 4.79 Å². The minimum atomic E-state index is -0.356. The Morgan fingerprint density at radius 2 is 1.72 bits per heavy atom. The highest BCUT2D eigenvalue weighted by molar-refractivity contribution is 7.87. The number of urea groups is 1. The highest BCUT2D eigenvalue weighted by atomic mass is 35.5. The quantitative estimate of drug-likeness (QED) is 0.709. The number of hydrogen-bond donors (Lipinski definition) is 1. The minimum absolute atomic E-state index is 0.00229. The van der Waals surface area contributed by atoms with Gasteiger partial charge in [-0.15, -0.1) is 0 Å². The van der Waals surface area contributed by atoms with Crippen LogP contribution in [-0.4, -0.2) is 41.4 Å². The Balaban J connectivity index is 1.50. The molecule has 0 aromatic heterocycles. The molecule has 1 saturated heterocycles. The first-order chi connectivity index (χ1) is 14.0. The molecule has 1 aliphatic heterocycles. The van der Waals surface area contributed by atoms with Gasteiger partial charge in [-0.05, 0) is 54.8 Å². The number of benzene rings is 2. The summed E-state index contributed by atoms with van der Waals surface area (Å²) in [6, 6.07) is 14.6. The molecule has 0 spiro atoms. The SMILES string of the molecule is CCCCc1ccc(NC(=O)N=S2CCN(C(=O)c3ccc(Cl)cc3)CC2)cc1. The third kappa shape index (κ3) is 6.41.